The number of nitrogens with two attached hydrogens (primary N) is 1. The van der Waals surface area contributed by atoms with E-state index in [2.05, 4.69) is 15.0 Å². The summed E-state index contributed by atoms with van der Waals surface area (Å²) < 4.78 is 0. The minimum absolute atomic E-state index is 0.514. The van der Waals surface area contributed by atoms with E-state index in [0.717, 1.165) is 16.7 Å². The van der Waals surface area contributed by atoms with Gasteiger partial charge < -0.3 is 5.73 Å². The number of aryl methyl sites for hydroxylation is 1. The Bertz CT molecular complexity index is 419. The van der Waals surface area contributed by atoms with Crippen molar-refractivity contribution in [3.8, 4) is 11.1 Å². The van der Waals surface area contributed by atoms with Crippen molar-refractivity contribution >= 4 is 5.82 Å². The van der Waals surface area contributed by atoms with Crippen LogP contribution in [0.3, 0.4) is 0 Å². The normalized spacial score (nSPS) is 10.1. The third-order valence-electron chi connectivity index (χ3n) is 2.04. The predicted molar refractivity (Wildman–Crippen MR) is 54.4 cm³/mol. The Morgan fingerprint density at radius 1 is 1.21 bits per heavy atom. The topological polar surface area (TPSA) is 64.7 Å². The molecule has 14 heavy (non-hydrogen) atoms. The first-order valence-corrected chi connectivity index (χ1v) is 4.25. The zero-order valence-corrected chi connectivity index (χ0v) is 7.81. The van der Waals surface area contributed by atoms with E-state index in [1.165, 1.54) is 6.33 Å². The van der Waals surface area contributed by atoms with E-state index in [1.54, 1.807) is 18.6 Å². The molecule has 0 radical (unpaired) electrons. The molecule has 0 bridgehead atoms. The van der Waals surface area contributed by atoms with Crippen molar-refractivity contribution in [3.05, 3.63) is 36.5 Å². The van der Waals surface area contributed by atoms with Crippen LogP contribution in [0, 0.1) is 6.92 Å². The number of nitrogen functional groups attached to an aromatic ring is 1. The van der Waals surface area contributed by atoms with Crippen LogP contribution in [0.1, 0.15) is 5.56 Å². The van der Waals surface area contributed by atoms with Gasteiger partial charge in [-0.2, -0.15) is 0 Å². The van der Waals surface area contributed by atoms with Gasteiger partial charge in [0.1, 0.15) is 12.1 Å². The molecule has 70 valence electrons. The molecule has 0 atom stereocenters. The summed E-state index contributed by atoms with van der Waals surface area (Å²) in [7, 11) is 0. The maximum Gasteiger partial charge on any atom is 0.131 e. The molecule has 2 aromatic heterocycles. The minimum atomic E-state index is 0.514. The highest BCUT2D eigenvalue weighted by Crippen LogP contribution is 2.25. The third kappa shape index (κ3) is 1.42. The number of hydrogen-bond donors (Lipinski definition) is 1. The molecular weight excluding hydrogens is 176 g/mol. The van der Waals surface area contributed by atoms with E-state index in [1.807, 2.05) is 13.0 Å². The van der Waals surface area contributed by atoms with Gasteiger partial charge in [0, 0.05) is 29.7 Å². The van der Waals surface area contributed by atoms with Crippen molar-refractivity contribution in [2.75, 3.05) is 5.73 Å². The van der Waals surface area contributed by atoms with Gasteiger partial charge in [-0.15, -0.1) is 0 Å². The lowest BCUT2D eigenvalue weighted by Gasteiger charge is -2.06. The van der Waals surface area contributed by atoms with Gasteiger partial charge >= 0.3 is 0 Å². The van der Waals surface area contributed by atoms with Gasteiger partial charge in [0.05, 0.1) is 0 Å². The molecule has 0 unspecified atom stereocenters. The minimum Gasteiger partial charge on any atom is -0.383 e. The van der Waals surface area contributed by atoms with Crippen LogP contribution in [0.4, 0.5) is 5.82 Å². The molecule has 0 aromatic carbocycles. The van der Waals surface area contributed by atoms with Crippen molar-refractivity contribution in [3.63, 3.8) is 0 Å². The first-order valence-electron chi connectivity index (χ1n) is 4.25. The summed E-state index contributed by atoms with van der Waals surface area (Å²) in [6, 6.07) is 1.92. The molecule has 2 rings (SSSR count). The molecule has 2 heterocycles. The molecule has 0 spiro atoms. The molecule has 0 amide bonds. The fourth-order valence-corrected chi connectivity index (χ4v) is 1.38. The summed E-state index contributed by atoms with van der Waals surface area (Å²) in [5.41, 5.74) is 8.67. The molecule has 2 aromatic rings. The summed E-state index contributed by atoms with van der Waals surface area (Å²) in [5, 5.41) is 0. The van der Waals surface area contributed by atoms with Crippen LogP contribution in [-0.4, -0.2) is 15.0 Å². The second kappa shape index (κ2) is 3.41. The fourth-order valence-electron chi connectivity index (χ4n) is 1.38. The highest BCUT2D eigenvalue weighted by Gasteiger charge is 2.06. The summed E-state index contributed by atoms with van der Waals surface area (Å²) in [6.07, 6.45) is 6.64. The third-order valence-corrected chi connectivity index (χ3v) is 2.04. The van der Waals surface area contributed by atoms with Crippen molar-refractivity contribution in [2.45, 2.75) is 6.92 Å². The number of hydrogen-bond acceptors (Lipinski definition) is 4. The highest BCUT2D eigenvalue weighted by molar-refractivity contribution is 5.75. The van der Waals surface area contributed by atoms with Crippen molar-refractivity contribution < 1.29 is 0 Å². The summed E-state index contributed by atoms with van der Waals surface area (Å²) in [4.78, 5) is 11.9. The van der Waals surface area contributed by atoms with E-state index >= 15 is 0 Å². The SMILES string of the molecule is Cc1ccnc(N)c1-c1cncnc1. The van der Waals surface area contributed by atoms with Crippen LogP contribution in [0.25, 0.3) is 11.1 Å². The highest BCUT2D eigenvalue weighted by atomic mass is 14.8. The fraction of sp³-hybridized carbons (Fsp3) is 0.100. The van der Waals surface area contributed by atoms with Gasteiger partial charge in [-0.05, 0) is 18.6 Å². The lowest BCUT2D eigenvalue weighted by Crippen LogP contribution is -1.96. The molecule has 0 aliphatic heterocycles. The monoisotopic (exact) mass is 186 g/mol. The Balaban J connectivity index is 2.63. The number of nitrogens with zero attached hydrogens (tertiary/aromatic N) is 3. The first kappa shape index (κ1) is 8.62. The second-order valence-corrected chi connectivity index (χ2v) is 3.02. The maximum absolute atomic E-state index is 5.79. The van der Waals surface area contributed by atoms with Crippen LogP contribution >= 0.6 is 0 Å². The van der Waals surface area contributed by atoms with Crippen LogP contribution in [0.15, 0.2) is 31.0 Å². The molecule has 0 aliphatic carbocycles. The van der Waals surface area contributed by atoms with E-state index in [4.69, 9.17) is 5.73 Å². The molecule has 4 heteroatoms. The van der Waals surface area contributed by atoms with Gasteiger partial charge in [0.2, 0.25) is 0 Å². The molecule has 0 fully saturated rings. The van der Waals surface area contributed by atoms with E-state index in [9.17, 15) is 0 Å². The number of aromatic nitrogens is 3. The first-order chi connectivity index (χ1) is 6.79. The summed E-state index contributed by atoms with van der Waals surface area (Å²) >= 11 is 0. The van der Waals surface area contributed by atoms with Crippen LogP contribution < -0.4 is 5.73 Å². The molecule has 0 saturated heterocycles. The van der Waals surface area contributed by atoms with Gasteiger partial charge in [-0.25, -0.2) is 15.0 Å². The lowest BCUT2D eigenvalue weighted by atomic mass is 10.1. The van der Waals surface area contributed by atoms with Gasteiger partial charge in [0.25, 0.3) is 0 Å². The number of anilines is 1. The number of pyridine rings is 1. The molecule has 4 nitrogen and oxygen atoms in total. The maximum atomic E-state index is 5.79. The Kier molecular flexibility index (Phi) is 2.10. The smallest absolute Gasteiger partial charge is 0.131 e. The Morgan fingerprint density at radius 2 is 1.93 bits per heavy atom. The summed E-state index contributed by atoms with van der Waals surface area (Å²) in [5.74, 6) is 0.514. The largest absolute Gasteiger partial charge is 0.383 e. The average Bonchev–Trinajstić information content (AvgIpc) is 2.19. The van der Waals surface area contributed by atoms with Crippen molar-refractivity contribution in [1.82, 2.24) is 15.0 Å². The van der Waals surface area contributed by atoms with E-state index in [0.29, 0.717) is 5.82 Å². The predicted octanol–water partition coefficient (Wildman–Crippen LogP) is 1.43. The van der Waals surface area contributed by atoms with Crippen molar-refractivity contribution in [2.24, 2.45) is 0 Å². The van der Waals surface area contributed by atoms with E-state index < -0.39 is 0 Å². The van der Waals surface area contributed by atoms with Gasteiger partial charge in [-0.1, -0.05) is 0 Å². The average molecular weight is 186 g/mol. The van der Waals surface area contributed by atoms with Crippen LogP contribution in [0.5, 0.6) is 0 Å². The Morgan fingerprint density at radius 3 is 2.57 bits per heavy atom. The molecule has 0 saturated carbocycles. The quantitative estimate of drug-likeness (QED) is 0.731. The number of rotatable bonds is 1. The molecular formula is C10H10N4. The molecule has 0 aliphatic rings. The zero-order valence-electron chi connectivity index (χ0n) is 7.81. The Labute approximate surface area is 81.9 Å². The van der Waals surface area contributed by atoms with Crippen LogP contribution in [0.2, 0.25) is 0 Å². The Hall–Kier alpha value is -1.97. The lowest BCUT2D eigenvalue weighted by molar-refractivity contribution is 1.16. The van der Waals surface area contributed by atoms with E-state index in [-0.39, 0.29) is 0 Å². The van der Waals surface area contributed by atoms with Gasteiger partial charge in [0.15, 0.2) is 0 Å². The van der Waals surface area contributed by atoms with Gasteiger partial charge in [-0.3, -0.25) is 0 Å². The van der Waals surface area contributed by atoms with Crippen molar-refractivity contribution in [1.29, 1.82) is 0 Å². The standard InChI is InChI=1S/C10H10N4/c1-7-2-3-14-10(11)9(7)8-4-12-6-13-5-8/h2-6H,1H3,(H2,11,14). The zero-order chi connectivity index (χ0) is 9.97. The van der Waals surface area contributed by atoms with Crippen LogP contribution in [-0.2, 0) is 0 Å². The summed E-state index contributed by atoms with van der Waals surface area (Å²) in [6.45, 7) is 1.99. The molecule has 2 N–H and O–H groups in total. The second-order valence-electron chi connectivity index (χ2n) is 3.02.